The highest BCUT2D eigenvalue weighted by atomic mass is 32.2. The first-order valence-electron chi connectivity index (χ1n) is 6.91. The summed E-state index contributed by atoms with van der Waals surface area (Å²) in [7, 11) is -3.24. The van der Waals surface area contributed by atoms with E-state index in [9.17, 15) is 8.42 Å². The molecule has 2 aromatic carbocycles. The van der Waals surface area contributed by atoms with Crippen LogP contribution in [0.1, 0.15) is 11.1 Å². The third-order valence-corrected chi connectivity index (χ3v) is 4.19. The van der Waals surface area contributed by atoms with Crippen molar-refractivity contribution in [1.82, 2.24) is 0 Å². The number of anilines is 2. The van der Waals surface area contributed by atoms with Crippen molar-refractivity contribution in [3.8, 4) is 0 Å². The third-order valence-electron chi connectivity index (χ3n) is 3.59. The summed E-state index contributed by atoms with van der Waals surface area (Å²) >= 11 is 0. The minimum atomic E-state index is -3.24. The normalized spacial score (nSPS) is 14.7. The lowest BCUT2D eigenvalue weighted by Crippen LogP contribution is -2.19. The molecule has 0 radical (unpaired) electrons. The molecule has 0 aliphatic heterocycles. The fraction of sp³-hybridized carbons (Fsp3) is 0.250. The van der Waals surface area contributed by atoms with Crippen LogP contribution in [0.15, 0.2) is 48.5 Å². The zero-order valence-electron chi connectivity index (χ0n) is 11.8. The average molecular weight is 302 g/mol. The van der Waals surface area contributed by atoms with Gasteiger partial charge in [-0.15, -0.1) is 0 Å². The Morgan fingerprint density at radius 1 is 0.952 bits per heavy atom. The van der Waals surface area contributed by atoms with E-state index >= 15 is 0 Å². The molecule has 0 fully saturated rings. The van der Waals surface area contributed by atoms with Gasteiger partial charge in [0.25, 0.3) is 0 Å². The number of rotatable bonds is 4. The summed E-state index contributed by atoms with van der Waals surface area (Å²) in [6.45, 7) is 0. The highest BCUT2D eigenvalue weighted by Crippen LogP contribution is 2.25. The van der Waals surface area contributed by atoms with Crippen LogP contribution in [-0.4, -0.2) is 20.7 Å². The maximum Gasteiger partial charge on any atom is 0.229 e. The number of hydrogen-bond donors (Lipinski definition) is 2. The quantitative estimate of drug-likeness (QED) is 0.913. The maximum atomic E-state index is 11.3. The molecule has 0 bridgehead atoms. The fourth-order valence-electron chi connectivity index (χ4n) is 2.78. The molecule has 2 N–H and O–H groups in total. The van der Waals surface area contributed by atoms with Crippen molar-refractivity contribution in [3.05, 3.63) is 59.7 Å². The van der Waals surface area contributed by atoms with Crippen LogP contribution in [0, 0.1) is 0 Å². The zero-order valence-corrected chi connectivity index (χ0v) is 12.7. The van der Waals surface area contributed by atoms with Crippen LogP contribution in [0.3, 0.4) is 0 Å². The van der Waals surface area contributed by atoms with Crippen LogP contribution in [0.4, 0.5) is 11.4 Å². The SMILES string of the molecule is CS(=O)(=O)Nc1cccc(NC2Cc3ccccc3C2)c1. The van der Waals surface area contributed by atoms with Gasteiger partial charge in [0.1, 0.15) is 0 Å². The number of hydrogen-bond acceptors (Lipinski definition) is 3. The lowest BCUT2D eigenvalue weighted by Gasteiger charge is -2.14. The van der Waals surface area contributed by atoms with E-state index in [1.54, 1.807) is 6.07 Å². The molecule has 1 aliphatic rings. The van der Waals surface area contributed by atoms with Gasteiger partial charge in [0, 0.05) is 11.7 Å². The Bertz CT molecular complexity index is 731. The van der Waals surface area contributed by atoms with Crippen molar-refractivity contribution in [3.63, 3.8) is 0 Å². The van der Waals surface area contributed by atoms with Gasteiger partial charge >= 0.3 is 0 Å². The van der Waals surface area contributed by atoms with Crippen LogP contribution in [0.5, 0.6) is 0 Å². The molecular formula is C16H18N2O2S. The van der Waals surface area contributed by atoms with Crippen LogP contribution in [0.25, 0.3) is 0 Å². The molecule has 0 saturated heterocycles. The van der Waals surface area contributed by atoms with Gasteiger partial charge in [-0.1, -0.05) is 30.3 Å². The second-order valence-corrected chi connectivity index (χ2v) is 7.22. The molecule has 0 unspecified atom stereocenters. The zero-order chi connectivity index (χ0) is 14.9. The molecule has 0 saturated carbocycles. The summed E-state index contributed by atoms with van der Waals surface area (Å²) in [5, 5.41) is 3.48. The van der Waals surface area contributed by atoms with Gasteiger partial charge < -0.3 is 5.32 Å². The Morgan fingerprint density at radius 3 is 2.19 bits per heavy atom. The van der Waals surface area contributed by atoms with Crippen LogP contribution in [0.2, 0.25) is 0 Å². The molecule has 110 valence electrons. The maximum absolute atomic E-state index is 11.3. The summed E-state index contributed by atoms with van der Waals surface area (Å²) in [5.74, 6) is 0. The monoisotopic (exact) mass is 302 g/mol. The third kappa shape index (κ3) is 3.55. The highest BCUT2D eigenvalue weighted by Gasteiger charge is 2.20. The van der Waals surface area contributed by atoms with E-state index in [1.807, 2.05) is 18.2 Å². The number of benzene rings is 2. The van der Waals surface area contributed by atoms with E-state index in [4.69, 9.17) is 0 Å². The Labute approximate surface area is 125 Å². The predicted molar refractivity (Wildman–Crippen MR) is 86.2 cm³/mol. The van der Waals surface area contributed by atoms with Crippen molar-refractivity contribution < 1.29 is 8.42 Å². The molecule has 3 rings (SSSR count). The molecule has 0 atom stereocenters. The fourth-order valence-corrected chi connectivity index (χ4v) is 3.34. The molecule has 2 aromatic rings. The summed E-state index contributed by atoms with van der Waals surface area (Å²) in [6, 6.07) is 16.2. The molecule has 0 heterocycles. The van der Waals surface area contributed by atoms with E-state index in [0.29, 0.717) is 11.7 Å². The molecule has 0 aromatic heterocycles. The summed E-state index contributed by atoms with van der Waals surface area (Å²) in [4.78, 5) is 0. The summed E-state index contributed by atoms with van der Waals surface area (Å²) in [5.41, 5.74) is 4.29. The number of fused-ring (bicyclic) bond motifs is 1. The minimum Gasteiger partial charge on any atom is -0.382 e. The van der Waals surface area contributed by atoms with Crippen LogP contribution < -0.4 is 10.0 Å². The van der Waals surface area contributed by atoms with Gasteiger partial charge in [-0.05, 0) is 42.2 Å². The largest absolute Gasteiger partial charge is 0.382 e. The molecule has 0 spiro atoms. The van der Waals surface area contributed by atoms with Crippen molar-refractivity contribution in [2.45, 2.75) is 18.9 Å². The standard InChI is InChI=1S/C16H18N2O2S/c1-21(19,20)18-15-8-4-7-14(11-15)17-16-9-12-5-2-3-6-13(12)10-16/h2-8,11,16-18H,9-10H2,1H3. The predicted octanol–water partition coefficient (Wildman–Crippen LogP) is 2.64. The number of sulfonamides is 1. The molecule has 0 amide bonds. The average Bonchev–Trinajstić information content (AvgIpc) is 2.79. The van der Waals surface area contributed by atoms with E-state index in [1.165, 1.54) is 11.1 Å². The Morgan fingerprint density at radius 2 is 1.57 bits per heavy atom. The summed E-state index contributed by atoms with van der Waals surface area (Å²) < 4.78 is 25.0. The Kier molecular flexibility index (Phi) is 3.59. The van der Waals surface area contributed by atoms with Crippen molar-refractivity contribution >= 4 is 21.4 Å². The van der Waals surface area contributed by atoms with E-state index < -0.39 is 10.0 Å². The lowest BCUT2D eigenvalue weighted by molar-refractivity contribution is 0.607. The van der Waals surface area contributed by atoms with Crippen LogP contribution in [-0.2, 0) is 22.9 Å². The van der Waals surface area contributed by atoms with Gasteiger partial charge in [-0.25, -0.2) is 8.42 Å². The second kappa shape index (κ2) is 5.41. The first kappa shape index (κ1) is 13.9. The van der Waals surface area contributed by atoms with Gasteiger partial charge in [0.2, 0.25) is 10.0 Å². The second-order valence-electron chi connectivity index (χ2n) is 5.47. The Balaban J connectivity index is 1.71. The van der Waals surface area contributed by atoms with Crippen LogP contribution >= 0.6 is 0 Å². The van der Waals surface area contributed by atoms with Gasteiger partial charge in [0.15, 0.2) is 0 Å². The van der Waals surface area contributed by atoms with Crippen molar-refractivity contribution in [1.29, 1.82) is 0 Å². The topological polar surface area (TPSA) is 58.2 Å². The molecule has 4 nitrogen and oxygen atoms in total. The molecule has 21 heavy (non-hydrogen) atoms. The van der Waals surface area contributed by atoms with E-state index in [0.717, 1.165) is 24.8 Å². The van der Waals surface area contributed by atoms with Crippen molar-refractivity contribution in [2.75, 3.05) is 16.3 Å². The summed E-state index contributed by atoms with van der Waals surface area (Å²) in [6.07, 6.45) is 3.15. The molecule has 1 aliphatic carbocycles. The van der Waals surface area contributed by atoms with Gasteiger partial charge in [-0.2, -0.15) is 0 Å². The van der Waals surface area contributed by atoms with Crippen molar-refractivity contribution in [2.24, 2.45) is 0 Å². The smallest absolute Gasteiger partial charge is 0.229 e. The first-order valence-corrected chi connectivity index (χ1v) is 8.80. The highest BCUT2D eigenvalue weighted by molar-refractivity contribution is 7.92. The Hall–Kier alpha value is -2.01. The van der Waals surface area contributed by atoms with E-state index in [-0.39, 0.29) is 0 Å². The molecule has 5 heteroatoms. The van der Waals surface area contributed by atoms with Gasteiger partial charge in [-0.3, -0.25) is 4.72 Å². The number of nitrogens with one attached hydrogen (secondary N) is 2. The van der Waals surface area contributed by atoms with Gasteiger partial charge in [0.05, 0.1) is 11.9 Å². The lowest BCUT2D eigenvalue weighted by atomic mass is 10.1. The molecular weight excluding hydrogens is 284 g/mol. The van der Waals surface area contributed by atoms with E-state index in [2.05, 4.69) is 34.3 Å². The first-order chi connectivity index (χ1) is 9.99. The minimum absolute atomic E-state index is 0.357.